The second-order valence-electron chi connectivity index (χ2n) is 9.65. The molecule has 1 aliphatic heterocycles. The molecule has 1 aromatic rings. The molecule has 1 aliphatic carbocycles. The van der Waals surface area contributed by atoms with Gasteiger partial charge in [0.15, 0.2) is 0 Å². The lowest BCUT2D eigenvalue weighted by atomic mass is 9.64. The average Bonchev–Trinajstić information content (AvgIpc) is 2.66. The number of carbonyl (C=O) groups is 2. The van der Waals surface area contributed by atoms with Crippen LogP contribution in [0, 0.1) is 11.8 Å². The highest BCUT2D eigenvalue weighted by molar-refractivity contribution is 5.82. The Morgan fingerprint density at radius 1 is 1.34 bits per heavy atom. The van der Waals surface area contributed by atoms with E-state index < -0.39 is 11.0 Å². The van der Waals surface area contributed by atoms with Crippen molar-refractivity contribution in [1.82, 2.24) is 0 Å². The molecule has 0 bridgehead atoms. The maximum Gasteiger partial charge on any atom is 0.315 e. The maximum absolute atomic E-state index is 12.7. The largest absolute Gasteiger partial charge is 0.508 e. The van der Waals surface area contributed by atoms with Crippen molar-refractivity contribution >= 4 is 12.3 Å². The van der Waals surface area contributed by atoms with Gasteiger partial charge in [-0.2, -0.15) is 0 Å². The fourth-order valence-electron chi connectivity index (χ4n) is 4.87. The predicted octanol–water partition coefficient (Wildman–Crippen LogP) is 4.88. The van der Waals surface area contributed by atoms with Crippen LogP contribution >= 0.6 is 0 Å². The number of hydrogen-bond donors (Lipinski definition) is 1. The van der Waals surface area contributed by atoms with Crippen molar-refractivity contribution in [3.63, 3.8) is 0 Å². The third-order valence-corrected chi connectivity index (χ3v) is 6.80. The Kier molecular flexibility index (Phi) is 5.98. The van der Waals surface area contributed by atoms with E-state index in [1.165, 1.54) is 0 Å². The van der Waals surface area contributed by atoms with Crippen molar-refractivity contribution in [2.45, 2.75) is 83.7 Å². The summed E-state index contributed by atoms with van der Waals surface area (Å²) in [7, 11) is 0. The van der Waals surface area contributed by atoms with E-state index in [4.69, 9.17) is 9.47 Å². The van der Waals surface area contributed by atoms with E-state index in [1.807, 2.05) is 26.8 Å². The molecular formula is C24H34O5. The summed E-state index contributed by atoms with van der Waals surface area (Å²) in [6.07, 6.45) is 5.32. The molecule has 0 spiro atoms. The van der Waals surface area contributed by atoms with Gasteiger partial charge in [0.2, 0.25) is 0 Å². The van der Waals surface area contributed by atoms with Crippen molar-refractivity contribution in [2.75, 3.05) is 6.61 Å². The van der Waals surface area contributed by atoms with Crippen LogP contribution in [0.25, 0.3) is 0 Å². The number of phenolic OH excluding ortho intramolecular Hbond substituents is 1. The molecule has 1 unspecified atom stereocenters. The summed E-state index contributed by atoms with van der Waals surface area (Å²) in [5, 5.41) is 10.9. The van der Waals surface area contributed by atoms with Crippen LogP contribution in [0.2, 0.25) is 0 Å². The highest BCUT2D eigenvalue weighted by Gasteiger charge is 2.48. The first-order valence-electron chi connectivity index (χ1n) is 10.8. The fraction of sp³-hybridized carbons (Fsp3) is 0.667. The van der Waals surface area contributed by atoms with Crippen LogP contribution in [0.1, 0.15) is 83.8 Å². The summed E-state index contributed by atoms with van der Waals surface area (Å²) in [6.45, 7) is 10.2. The Balaban J connectivity index is 1.97. The number of benzene rings is 1. The van der Waals surface area contributed by atoms with E-state index >= 15 is 0 Å². The second-order valence-corrected chi connectivity index (χ2v) is 9.65. The molecule has 160 valence electrons. The predicted molar refractivity (Wildman–Crippen MR) is 111 cm³/mol. The standard InChI is InChI=1S/C24H34O5/c1-6-7-10-28-22(27)23(2,3)16-12-19(26)21-17-11-15(14-25)8-9-18(17)24(4,5)29-20(21)13-16/h12-15,17-18,26H,6-11H2,1-5H3/t15?,17-,18+/m0/s1. The van der Waals surface area contributed by atoms with Crippen molar-refractivity contribution in [1.29, 1.82) is 0 Å². The number of aromatic hydroxyl groups is 1. The second kappa shape index (κ2) is 8.00. The minimum atomic E-state index is -0.900. The van der Waals surface area contributed by atoms with Crippen LogP contribution in [0.4, 0.5) is 0 Å². The van der Waals surface area contributed by atoms with Crippen molar-refractivity contribution in [3.05, 3.63) is 23.3 Å². The number of carbonyl (C=O) groups excluding carboxylic acids is 2. The van der Waals surface area contributed by atoms with Crippen LogP contribution in [0.5, 0.6) is 11.5 Å². The van der Waals surface area contributed by atoms with E-state index in [-0.39, 0.29) is 29.5 Å². The van der Waals surface area contributed by atoms with Gasteiger partial charge in [0.05, 0.1) is 12.0 Å². The molecule has 3 atom stereocenters. The van der Waals surface area contributed by atoms with Gasteiger partial charge in [0, 0.05) is 17.4 Å². The van der Waals surface area contributed by atoms with E-state index in [0.29, 0.717) is 17.9 Å². The third kappa shape index (κ3) is 4.01. The van der Waals surface area contributed by atoms with Crippen molar-refractivity contribution < 1.29 is 24.2 Å². The average molecular weight is 403 g/mol. The molecule has 1 N–H and O–H groups in total. The molecular weight excluding hydrogens is 368 g/mol. The van der Waals surface area contributed by atoms with Gasteiger partial charge in [-0.15, -0.1) is 0 Å². The monoisotopic (exact) mass is 402 g/mol. The first-order valence-corrected chi connectivity index (χ1v) is 10.8. The normalized spacial score (nSPS) is 25.3. The number of hydrogen-bond acceptors (Lipinski definition) is 5. The lowest BCUT2D eigenvalue weighted by molar-refractivity contribution is -0.149. The Hall–Kier alpha value is -2.04. The van der Waals surface area contributed by atoms with Crippen molar-refractivity contribution in [3.8, 4) is 11.5 Å². The number of rotatable bonds is 6. The molecule has 3 rings (SSSR count). The molecule has 0 radical (unpaired) electrons. The molecule has 1 heterocycles. The molecule has 5 heteroatoms. The Morgan fingerprint density at radius 3 is 2.72 bits per heavy atom. The molecule has 0 saturated heterocycles. The molecule has 1 aromatic carbocycles. The number of ether oxygens (including phenoxy) is 2. The number of aldehydes is 1. The maximum atomic E-state index is 12.7. The SMILES string of the molecule is CCCCOC(=O)C(C)(C)c1cc(O)c2c(c1)OC(C)(C)[C@@H]1CCC(C=O)C[C@H]21. The summed E-state index contributed by atoms with van der Waals surface area (Å²) < 4.78 is 11.8. The molecule has 1 saturated carbocycles. The minimum absolute atomic E-state index is 0.0158. The topological polar surface area (TPSA) is 72.8 Å². The Bertz CT molecular complexity index is 780. The van der Waals surface area contributed by atoms with Crippen LogP contribution < -0.4 is 4.74 Å². The van der Waals surface area contributed by atoms with Gasteiger partial charge in [-0.1, -0.05) is 13.3 Å². The van der Waals surface area contributed by atoms with E-state index in [9.17, 15) is 14.7 Å². The van der Waals surface area contributed by atoms with Gasteiger partial charge >= 0.3 is 5.97 Å². The summed E-state index contributed by atoms with van der Waals surface area (Å²) in [6, 6.07) is 3.54. The minimum Gasteiger partial charge on any atom is -0.508 e. The number of unbranched alkanes of at least 4 members (excludes halogenated alkanes) is 1. The van der Waals surface area contributed by atoms with Gasteiger partial charge < -0.3 is 19.4 Å². The summed E-state index contributed by atoms with van der Waals surface area (Å²) in [5.41, 5.74) is 0.150. The van der Waals surface area contributed by atoms with Gasteiger partial charge in [-0.25, -0.2) is 0 Å². The lowest BCUT2D eigenvalue weighted by Crippen LogP contribution is -2.47. The zero-order valence-corrected chi connectivity index (χ0v) is 18.3. The fourth-order valence-corrected chi connectivity index (χ4v) is 4.87. The Morgan fingerprint density at radius 2 is 2.07 bits per heavy atom. The zero-order chi connectivity index (χ0) is 21.4. The van der Waals surface area contributed by atoms with Gasteiger partial charge in [0.1, 0.15) is 23.4 Å². The van der Waals surface area contributed by atoms with Gasteiger partial charge in [-0.3, -0.25) is 4.79 Å². The van der Waals surface area contributed by atoms with E-state index in [2.05, 4.69) is 13.8 Å². The van der Waals surface area contributed by atoms with Crippen molar-refractivity contribution in [2.24, 2.45) is 11.8 Å². The summed E-state index contributed by atoms with van der Waals surface area (Å²) in [4.78, 5) is 24.1. The molecule has 0 amide bonds. The smallest absolute Gasteiger partial charge is 0.315 e. The summed E-state index contributed by atoms with van der Waals surface area (Å²) in [5.74, 6) is 0.788. The highest BCUT2D eigenvalue weighted by atomic mass is 16.5. The van der Waals surface area contributed by atoms with Gasteiger partial charge in [-0.05, 0) is 77.0 Å². The number of phenols is 1. The molecule has 5 nitrogen and oxygen atoms in total. The number of esters is 1. The van der Waals surface area contributed by atoms with Crippen LogP contribution in [0.3, 0.4) is 0 Å². The highest BCUT2D eigenvalue weighted by Crippen LogP contribution is 2.55. The first-order chi connectivity index (χ1) is 13.6. The molecule has 0 aromatic heterocycles. The van der Waals surface area contributed by atoms with Crippen LogP contribution in [0.15, 0.2) is 12.1 Å². The molecule has 2 aliphatic rings. The molecule has 1 fully saturated rings. The van der Waals surface area contributed by atoms with E-state index in [0.717, 1.165) is 44.0 Å². The summed E-state index contributed by atoms with van der Waals surface area (Å²) >= 11 is 0. The lowest BCUT2D eigenvalue weighted by Gasteiger charge is -2.48. The van der Waals surface area contributed by atoms with Gasteiger partial charge in [0.25, 0.3) is 0 Å². The molecule has 29 heavy (non-hydrogen) atoms. The number of fused-ring (bicyclic) bond motifs is 3. The van der Waals surface area contributed by atoms with Crippen LogP contribution in [-0.4, -0.2) is 29.6 Å². The van der Waals surface area contributed by atoms with E-state index in [1.54, 1.807) is 6.07 Å². The zero-order valence-electron chi connectivity index (χ0n) is 18.3. The quantitative estimate of drug-likeness (QED) is 0.417. The first kappa shape index (κ1) is 21.7. The Labute approximate surface area is 173 Å². The third-order valence-electron chi connectivity index (χ3n) is 6.80. The van der Waals surface area contributed by atoms with Crippen LogP contribution in [-0.2, 0) is 19.7 Å².